The summed E-state index contributed by atoms with van der Waals surface area (Å²) >= 11 is 0. The van der Waals surface area contributed by atoms with Crippen molar-refractivity contribution < 1.29 is 0 Å². The van der Waals surface area contributed by atoms with Crippen LogP contribution in [-0.4, -0.2) is 43.2 Å². The Balaban J connectivity index is 1.54. The van der Waals surface area contributed by atoms with Gasteiger partial charge >= 0.3 is 0 Å². The van der Waals surface area contributed by atoms with Gasteiger partial charge in [0.1, 0.15) is 0 Å². The van der Waals surface area contributed by atoms with E-state index in [1.165, 1.54) is 55.7 Å². The van der Waals surface area contributed by atoms with Crippen LogP contribution in [0, 0.1) is 19.8 Å². The summed E-state index contributed by atoms with van der Waals surface area (Å²) < 4.78 is 0. The van der Waals surface area contributed by atoms with E-state index in [-0.39, 0.29) is 0 Å². The molecule has 3 nitrogen and oxygen atoms in total. The van der Waals surface area contributed by atoms with Crippen molar-refractivity contribution in [1.82, 2.24) is 4.90 Å². The molecule has 0 aromatic heterocycles. The van der Waals surface area contributed by atoms with Crippen molar-refractivity contribution >= 4 is 5.69 Å². The fourth-order valence-corrected chi connectivity index (χ4v) is 4.03. The van der Waals surface area contributed by atoms with Gasteiger partial charge in [0.2, 0.25) is 0 Å². The van der Waals surface area contributed by atoms with Crippen LogP contribution in [0.5, 0.6) is 0 Å². The molecule has 0 radical (unpaired) electrons. The van der Waals surface area contributed by atoms with E-state index in [9.17, 15) is 0 Å². The van der Waals surface area contributed by atoms with Crippen molar-refractivity contribution in [1.29, 1.82) is 0 Å². The van der Waals surface area contributed by atoms with Crippen LogP contribution in [0.25, 0.3) is 0 Å². The summed E-state index contributed by atoms with van der Waals surface area (Å²) in [7, 11) is 0. The molecule has 2 aliphatic rings. The van der Waals surface area contributed by atoms with Crippen LogP contribution in [0.2, 0.25) is 0 Å². The van der Waals surface area contributed by atoms with E-state index in [1.807, 2.05) is 0 Å². The van der Waals surface area contributed by atoms with Crippen LogP contribution in [-0.2, 0) is 0 Å². The maximum Gasteiger partial charge on any atom is 0.0401 e. The predicted octanol–water partition coefficient (Wildman–Crippen LogP) is 2.94. The molecule has 1 aromatic rings. The summed E-state index contributed by atoms with van der Waals surface area (Å²) in [4.78, 5) is 5.24. The maximum atomic E-state index is 5.89. The van der Waals surface area contributed by atoms with E-state index in [0.29, 0.717) is 12.1 Å². The Kier molecular flexibility index (Phi) is 4.74. The van der Waals surface area contributed by atoms with Gasteiger partial charge in [-0.2, -0.15) is 0 Å². The van der Waals surface area contributed by atoms with E-state index < -0.39 is 0 Å². The van der Waals surface area contributed by atoms with Crippen molar-refractivity contribution in [3.8, 4) is 0 Å². The Hall–Kier alpha value is -1.06. The molecule has 1 atom stereocenters. The normalized spacial score (nSPS) is 29.5. The topological polar surface area (TPSA) is 32.5 Å². The summed E-state index contributed by atoms with van der Waals surface area (Å²) in [5.74, 6) is 0.891. The lowest BCUT2D eigenvalue weighted by molar-refractivity contribution is 0.177. The maximum absolute atomic E-state index is 5.89. The number of rotatable bonds is 4. The van der Waals surface area contributed by atoms with Gasteiger partial charge in [-0.25, -0.2) is 0 Å². The SMILES string of the molecule is Cc1cccc(N2CCN(CCC3CC(N)C3)CC2C)c1C. The molecule has 22 heavy (non-hydrogen) atoms. The van der Waals surface area contributed by atoms with Crippen LogP contribution < -0.4 is 10.6 Å². The molecule has 1 heterocycles. The molecule has 1 unspecified atom stereocenters. The average Bonchev–Trinajstić information content (AvgIpc) is 2.46. The molecule has 2 N–H and O–H groups in total. The molecule has 2 fully saturated rings. The van der Waals surface area contributed by atoms with Crippen molar-refractivity contribution in [2.75, 3.05) is 31.1 Å². The first kappa shape index (κ1) is 15.8. The Bertz CT molecular complexity index is 507. The second-order valence-electron chi connectivity index (χ2n) is 7.45. The van der Waals surface area contributed by atoms with Gasteiger partial charge in [-0.3, -0.25) is 4.90 Å². The summed E-state index contributed by atoms with van der Waals surface area (Å²) in [6, 6.07) is 7.77. The number of hydrogen-bond donors (Lipinski definition) is 1. The highest BCUT2D eigenvalue weighted by Gasteiger charge is 2.28. The Morgan fingerprint density at radius 1 is 1.18 bits per heavy atom. The summed E-state index contributed by atoms with van der Waals surface area (Å²) in [6.45, 7) is 11.6. The van der Waals surface area contributed by atoms with Gasteiger partial charge in [-0.05, 0) is 69.7 Å². The monoisotopic (exact) mass is 301 g/mol. The zero-order valence-corrected chi connectivity index (χ0v) is 14.4. The lowest BCUT2D eigenvalue weighted by Crippen LogP contribution is -2.52. The zero-order valence-electron chi connectivity index (χ0n) is 14.4. The lowest BCUT2D eigenvalue weighted by atomic mass is 9.79. The standard InChI is InChI=1S/C19H31N3/c1-14-5-4-6-19(16(14)3)22-10-9-21(13-15(22)2)8-7-17-11-18(20)12-17/h4-6,15,17-18H,7-13,20H2,1-3H3. The molecule has 1 aliphatic carbocycles. The van der Waals surface area contributed by atoms with Crippen molar-refractivity contribution in [2.45, 2.75) is 52.1 Å². The average molecular weight is 301 g/mol. The van der Waals surface area contributed by atoms with Gasteiger partial charge in [0, 0.05) is 37.4 Å². The van der Waals surface area contributed by atoms with Crippen LogP contribution in [0.3, 0.4) is 0 Å². The van der Waals surface area contributed by atoms with E-state index in [2.05, 4.69) is 48.8 Å². The van der Waals surface area contributed by atoms with E-state index in [1.54, 1.807) is 0 Å². The predicted molar refractivity (Wildman–Crippen MR) is 94.5 cm³/mol. The fourth-order valence-electron chi connectivity index (χ4n) is 4.03. The molecule has 3 heteroatoms. The molecular weight excluding hydrogens is 270 g/mol. The number of nitrogens with two attached hydrogens (primary N) is 1. The second kappa shape index (κ2) is 6.59. The van der Waals surface area contributed by atoms with Crippen molar-refractivity contribution in [2.24, 2.45) is 11.7 Å². The first-order chi connectivity index (χ1) is 10.5. The zero-order chi connectivity index (χ0) is 15.7. The third-order valence-corrected chi connectivity index (χ3v) is 5.72. The minimum atomic E-state index is 0.491. The minimum Gasteiger partial charge on any atom is -0.366 e. The van der Waals surface area contributed by atoms with E-state index in [4.69, 9.17) is 5.73 Å². The summed E-state index contributed by atoms with van der Waals surface area (Å²) in [5, 5.41) is 0. The molecule has 1 saturated heterocycles. The van der Waals surface area contributed by atoms with E-state index in [0.717, 1.165) is 12.5 Å². The van der Waals surface area contributed by atoms with Gasteiger partial charge in [0.25, 0.3) is 0 Å². The van der Waals surface area contributed by atoms with Crippen LogP contribution in [0.15, 0.2) is 18.2 Å². The highest BCUT2D eigenvalue weighted by molar-refractivity contribution is 5.57. The number of aryl methyl sites for hydroxylation is 1. The lowest BCUT2D eigenvalue weighted by Gasteiger charge is -2.43. The van der Waals surface area contributed by atoms with Crippen LogP contribution in [0.1, 0.15) is 37.3 Å². The molecule has 1 saturated carbocycles. The molecule has 0 spiro atoms. The highest BCUT2D eigenvalue weighted by atomic mass is 15.3. The minimum absolute atomic E-state index is 0.491. The second-order valence-corrected chi connectivity index (χ2v) is 7.45. The van der Waals surface area contributed by atoms with Gasteiger partial charge in [0.15, 0.2) is 0 Å². The molecular formula is C19H31N3. The van der Waals surface area contributed by atoms with Crippen LogP contribution >= 0.6 is 0 Å². The number of benzene rings is 1. The number of nitrogens with zero attached hydrogens (tertiary/aromatic N) is 2. The van der Waals surface area contributed by atoms with Crippen molar-refractivity contribution in [3.63, 3.8) is 0 Å². The third-order valence-electron chi connectivity index (χ3n) is 5.72. The Morgan fingerprint density at radius 3 is 2.64 bits per heavy atom. The molecule has 1 aliphatic heterocycles. The summed E-state index contributed by atoms with van der Waals surface area (Å²) in [5.41, 5.74) is 10.1. The quantitative estimate of drug-likeness (QED) is 0.928. The third kappa shape index (κ3) is 3.31. The first-order valence-electron chi connectivity index (χ1n) is 8.85. The van der Waals surface area contributed by atoms with Gasteiger partial charge in [0.05, 0.1) is 0 Å². The number of piperazine rings is 1. The van der Waals surface area contributed by atoms with Crippen LogP contribution in [0.4, 0.5) is 5.69 Å². The molecule has 122 valence electrons. The highest BCUT2D eigenvalue weighted by Crippen LogP contribution is 2.30. The fraction of sp³-hybridized carbons (Fsp3) is 0.684. The summed E-state index contributed by atoms with van der Waals surface area (Å²) in [6.07, 6.45) is 3.83. The smallest absolute Gasteiger partial charge is 0.0401 e. The number of anilines is 1. The Labute approximate surface area is 135 Å². The first-order valence-corrected chi connectivity index (χ1v) is 8.85. The van der Waals surface area contributed by atoms with E-state index >= 15 is 0 Å². The Morgan fingerprint density at radius 2 is 1.95 bits per heavy atom. The van der Waals surface area contributed by atoms with Gasteiger partial charge in [-0.15, -0.1) is 0 Å². The van der Waals surface area contributed by atoms with Gasteiger partial charge < -0.3 is 10.6 Å². The molecule has 0 amide bonds. The largest absolute Gasteiger partial charge is 0.366 e. The molecule has 3 rings (SSSR count). The number of hydrogen-bond acceptors (Lipinski definition) is 3. The molecule has 0 bridgehead atoms. The van der Waals surface area contributed by atoms with Gasteiger partial charge in [-0.1, -0.05) is 12.1 Å². The van der Waals surface area contributed by atoms with Crippen molar-refractivity contribution in [3.05, 3.63) is 29.3 Å². The molecule has 1 aromatic carbocycles.